The third kappa shape index (κ3) is 2.02. The first-order valence-electron chi connectivity index (χ1n) is 5.67. The number of rotatable bonds is 3. The van der Waals surface area contributed by atoms with E-state index in [2.05, 4.69) is 47.8 Å². The van der Waals surface area contributed by atoms with E-state index < -0.39 is 0 Å². The molecule has 1 heterocycles. The normalized spacial score (nSPS) is 10.6. The Morgan fingerprint density at radius 3 is 2.65 bits per heavy atom. The first-order valence-corrected chi connectivity index (χ1v) is 5.67. The molecule has 3 rings (SSSR count). The van der Waals surface area contributed by atoms with Gasteiger partial charge in [-0.2, -0.15) is 0 Å². The van der Waals surface area contributed by atoms with Gasteiger partial charge in [-0.15, -0.1) is 0 Å². The molecular formula is C15H13NO. The fraction of sp³-hybridized carbons (Fsp3) is 0.0667. The van der Waals surface area contributed by atoms with E-state index in [1.54, 1.807) is 6.26 Å². The van der Waals surface area contributed by atoms with Crippen molar-refractivity contribution in [1.29, 1.82) is 0 Å². The van der Waals surface area contributed by atoms with Gasteiger partial charge in [-0.1, -0.05) is 36.4 Å². The molecule has 2 nitrogen and oxygen atoms in total. The van der Waals surface area contributed by atoms with Crippen LogP contribution in [0.1, 0.15) is 5.76 Å². The van der Waals surface area contributed by atoms with Gasteiger partial charge in [0.25, 0.3) is 0 Å². The molecule has 0 amide bonds. The Morgan fingerprint density at radius 2 is 1.76 bits per heavy atom. The van der Waals surface area contributed by atoms with Gasteiger partial charge in [0.15, 0.2) is 0 Å². The zero-order valence-corrected chi connectivity index (χ0v) is 9.39. The summed E-state index contributed by atoms with van der Waals surface area (Å²) in [5.74, 6) is 0.943. The lowest BCUT2D eigenvalue weighted by Gasteiger charge is -2.08. The summed E-state index contributed by atoms with van der Waals surface area (Å²) in [7, 11) is 0. The highest BCUT2D eigenvalue weighted by molar-refractivity contribution is 5.93. The summed E-state index contributed by atoms with van der Waals surface area (Å²) in [5, 5.41) is 5.88. The van der Waals surface area contributed by atoms with E-state index in [1.807, 2.05) is 12.1 Å². The Hall–Kier alpha value is -2.22. The average Bonchev–Trinajstić information content (AvgIpc) is 2.89. The highest BCUT2D eigenvalue weighted by atomic mass is 16.3. The van der Waals surface area contributed by atoms with Crippen LogP contribution >= 0.6 is 0 Å². The molecule has 84 valence electrons. The van der Waals surface area contributed by atoms with Crippen LogP contribution in [-0.4, -0.2) is 0 Å². The number of anilines is 1. The van der Waals surface area contributed by atoms with Gasteiger partial charge in [0, 0.05) is 11.1 Å². The van der Waals surface area contributed by atoms with Crippen LogP contribution in [0.15, 0.2) is 65.3 Å². The van der Waals surface area contributed by atoms with Gasteiger partial charge in [-0.25, -0.2) is 0 Å². The van der Waals surface area contributed by atoms with Crippen LogP contribution in [0.4, 0.5) is 5.69 Å². The lowest BCUT2D eigenvalue weighted by molar-refractivity contribution is 0.518. The molecule has 0 aliphatic heterocycles. The molecule has 0 aliphatic rings. The quantitative estimate of drug-likeness (QED) is 0.724. The maximum Gasteiger partial charge on any atom is 0.122 e. The van der Waals surface area contributed by atoms with Gasteiger partial charge < -0.3 is 9.73 Å². The first-order chi connectivity index (χ1) is 8.43. The van der Waals surface area contributed by atoms with E-state index in [-0.39, 0.29) is 0 Å². The summed E-state index contributed by atoms with van der Waals surface area (Å²) < 4.78 is 5.30. The number of fused-ring (bicyclic) bond motifs is 1. The van der Waals surface area contributed by atoms with Crippen molar-refractivity contribution >= 4 is 16.5 Å². The zero-order chi connectivity index (χ0) is 11.5. The largest absolute Gasteiger partial charge is 0.467 e. The monoisotopic (exact) mass is 223 g/mol. The SMILES string of the molecule is c1coc(CNc2cccc3ccccc23)c1. The lowest BCUT2D eigenvalue weighted by Crippen LogP contribution is -1.98. The van der Waals surface area contributed by atoms with Gasteiger partial charge in [0.2, 0.25) is 0 Å². The molecule has 17 heavy (non-hydrogen) atoms. The number of hydrogen-bond acceptors (Lipinski definition) is 2. The topological polar surface area (TPSA) is 25.2 Å². The minimum Gasteiger partial charge on any atom is -0.467 e. The smallest absolute Gasteiger partial charge is 0.122 e. The molecule has 0 unspecified atom stereocenters. The van der Waals surface area contributed by atoms with Gasteiger partial charge in [0.05, 0.1) is 12.8 Å². The Kier molecular flexibility index (Phi) is 2.54. The third-order valence-corrected chi connectivity index (χ3v) is 2.82. The van der Waals surface area contributed by atoms with Crippen LogP contribution in [-0.2, 0) is 6.54 Å². The number of benzene rings is 2. The van der Waals surface area contributed by atoms with Crippen LogP contribution in [0.25, 0.3) is 10.8 Å². The minimum atomic E-state index is 0.709. The number of nitrogens with one attached hydrogen (secondary N) is 1. The molecule has 0 radical (unpaired) electrons. The van der Waals surface area contributed by atoms with Crippen molar-refractivity contribution in [3.8, 4) is 0 Å². The highest BCUT2D eigenvalue weighted by Gasteiger charge is 2.00. The number of hydrogen-bond donors (Lipinski definition) is 1. The van der Waals surface area contributed by atoms with Gasteiger partial charge in [-0.3, -0.25) is 0 Å². The molecule has 0 atom stereocenters. The second-order valence-corrected chi connectivity index (χ2v) is 3.96. The summed E-state index contributed by atoms with van der Waals surface area (Å²) in [5.41, 5.74) is 1.14. The van der Waals surface area contributed by atoms with E-state index in [0.717, 1.165) is 11.4 Å². The lowest BCUT2D eigenvalue weighted by atomic mass is 10.1. The molecular weight excluding hydrogens is 210 g/mol. The fourth-order valence-corrected chi connectivity index (χ4v) is 1.98. The molecule has 0 spiro atoms. The zero-order valence-electron chi connectivity index (χ0n) is 9.39. The molecule has 1 aromatic heterocycles. The Labute approximate surface area is 99.9 Å². The summed E-state index contributed by atoms with van der Waals surface area (Å²) >= 11 is 0. The number of furan rings is 1. The van der Waals surface area contributed by atoms with Gasteiger partial charge in [-0.05, 0) is 23.6 Å². The molecule has 0 bridgehead atoms. The second kappa shape index (κ2) is 4.34. The maximum absolute atomic E-state index is 5.30. The van der Waals surface area contributed by atoms with Crippen LogP contribution < -0.4 is 5.32 Å². The first kappa shape index (κ1) is 9.97. The predicted molar refractivity (Wildman–Crippen MR) is 70.0 cm³/mol. The molecule has 3 aromatic rings. The van der Waals surface area contributed by atoms with Crippen molar-refractivity contribution in [3.63, 3.8) is 0 Å². The summed E-state index contributed by atoms with van der Waals surface area (Å²) in [6.45, 7) is 0.709. The van der Waals surface area contributed by atoms with E-state index in [1.165, 1.54) is 10.8 Å². The average molecular weight is 223 g/mol. The van der Waals surface area contributed by atoms with Crippen molar-refractivity contribution in [2.75, 3.05) is 5.32 Å². The molecule has 0 saturated carbocycles. The van der Waals surface area contributed by atoms with E-state index >= 15 is 0 Å². The Bertz CT molecular complexity index is 608. The minimum absolute atomic E-state index is 0.709. The predicted octanol–water partition coefficient (Wildman–Crippen LogP) is 4.04. The van der Waals surface area contributed by atoms with Crippen molar-refractivity contribution in [2.45, 2.75) is 6.54 Å². The van der Waals surface area contributed by atoms with E-state index in [9.17, 15) is 0 Å². The van der Waals surface area contributed by atoms with Crippen molar-refractivity contribution in [2.24, 2.45) is 0 Å². The van der Waals surface area contributed by atoms with Crippen LogP contribution in [0, 0.1) is 0 Å². The summed E-state index contributed by atoms with van der Waals surface area (Å²) in [6.07, 6.45) is 1.69. The second-order valence-electron chi connectivity index (χ2n) is 3.96. The summed E-state index contributed by atoms with van der Waals surface area (Å²) in [6, 6.07) is 18.5. The molecule has 0 fully saturated rings. The van der Waals surface area contributed by atoms with Crippen LogP contribution in [0.5, 0.6) is 0 Å². The van der Waals surface area contributed by atoms with Crippen LogP contribution in [0.3, 0.4) is 0 Å². The Balaban J connectivity index is 1.90. The Morgan fingerprint density at radius 1 is 0.882 bits per heavy atom. The van der Waals surface area contributed by atoms with Crippen molar-refractivity contribution < 1.29 is 4.42 Å². The molecule has 2 heteroatoms. The highest BCUT2D eigenvalue weighted by Crippen LogP contribution is 2.23. The van der Waals surface area contributed by atoms with E-state index in [4.69, 9.17) is 4.42 Å². The van der Waals surface area contributed by atoms with Crippen molar-refractivity contribution in [1.82, 2.24) is 0 Å². The van der Waals surface area contributed by atoms with Crippen LogP contribution in [0.2, 0.25) is 0 Å². The standard InChI is InChI=1S/C15H13NO/c1-2-8-14-12(5-1)6-3-9-15(14)16-11-13-7-4-10-17-13/h1-10,16H,11H2. The van der Waals surface area contributed by atoms with Gasteiger partial charge in [0.1, 0.15) is 5.76 Å². The van der Waals surface area contributed by atoms with E-state index in [0.29, 0.717) is 6.54 Å². The molecule has 1 N–H and O–H groups in total. The summed E-state index contributed by atoms with van der Waals surface area (Å²) in [4.78, 5) is 0. The molecule has 0 aliphatic carbocycles. The van der Waals surface area contributed by atoms with Crippen molar-refractivity contribution in [3.05, 3.63) is 66.6 Å². The molecule has 2 aromatic carbocycles. The fourth-order valence-electron chi connectivity index (χ4n) is 1.98. The maximum atomic E-state index is 5.30. The molecule has 0 saturated heterocycles. The third-order valence-electron chi connectivity index (χ3n) is 2.82. The van der Waals surface area contributed by atoms with Gasteiger partial charge >= 0.3 is 0 Å².